The smallest absolute Gasteiger partial charge is 0.226 e. The van der Waals surface area contributed by atoms with Gasteiger partial charge >= 0.3 is 0 Å². The minimum atomic E-state index is 0.256. The molecule has 1 aliphatic rings. The van der Waals surface area contributed by atoms with Crippen LogP contribution in [0.4, 0.5) is 11.9 Å². The molecule has 3 rings (SSSR count). The Labute approximate surface area is 116 Å². The van der Waals surface area contributed by atoms with Crippen molar-refractivity contribution in [3.8, 4) is 6.07 Å². The maximum absolute atomic E-state index is 8.86. The number of anilines is 2. The van der Waals surface area contributed by atoms with Gasteiger partial charge in [0.15, 0.2) is 0 Å². The molecule has 1 saturated heterocycles. The number of nitrogens with one attached hydrogen (secondary N) is 1. The molecule has 0 amide bonds. The van der Waals surface area contributed by atoms with Crippen molar-refractivity contribution in [3.63, 3.8) is 0 Å². The highest BCUT2D eigenvalue weighted by Crippen LogP contribution is 2.17. The molecule has 0 aliphatic carbocycles. The number of rotatable bonds is 3. The average molecular weight is 267 g/mol. The first kappa shape index (κ1) is 12.3. The van der Waals surface area contributed by atoms with Crippen LogP contribution in [0.3, 0.4) is 0 Å². The van der Waals surface area contributed by atoms with Gasteiger partial charge in [-0.2, -0.15) is 5.26 Å². The van der Waals surface area contributed by atoms with E-state index < -0.39 is 0 Å². The van der Waals surface area contributed by atoms with Crippen molar-refractivity contribution in [1.82, 2.24) is 19.9 Å². The van der Waals surface area contributed by atoms with Crippen LogP contribution in [-0.2, 0) is 0 Å². The molecule has 0 saturated carbocycles. The molecule has 3 heterocycles. The summed E-state index contributed by atoms with van der Waals surface area (Å²) in [7, 11) is 0. The lowest BCUT2D eigenvalue weighted by Gasteiger charge is -2.16. The molecule has 0 aromatic carbocycles. The summed E-state index contributed by atoms with van der Waals surface area (Å²) in [6.45, 7) is 1.62. The second kappa shape index (κ2) is 5.48. The fourth-order valence-corrected chi connectivity index (χ4v) is 2.18. The number of aromatic nitrogens is 4. The van der Waals surface area contributed by atoms with Gasteiger partial charge in [0.25, 0.3) is 0 Å². The Morgan fingerprint density at radius 2 is 2.10 bits per heavy atom. The van der Waals surface area contributed by atoms with Crippen molar-refractivity contribution in [1.29, 1.82) is 5.26 Å². The minimum Gasteiger partial charge on any atom is -0.350 e. The van der Waals surface area contributed by atoms with Crippen molar-refractivity contribution in [2.24, 2.45) is 0 Å². The molecule has 1 N–H and O–H groups in total. The quantitative estimate of drug-likeness (QED) is 0.880. The predicted molar refractivity (Wildman–Crippen MR) is 73.0 cm³/mol. The summed E-state index contributed by atoms with van der Waals surface area (Å²) in [4.78, 5) is 18.8. The molecule has 1 fully saturated rings. The zero-order valence-corrected chi connectivity index (χ0v) is 10.8. The largest absolute Gasteiger partial charge is 0.350 e. The standard InChI is InChI=1S/C13H13N7/c14-8-10-2-6-17-13(19-10)20-7-3-11(9-20)18-12-15-4-1-5-16-12/h1-2,4-6,11H,3,7,9H2,(H,15,16,18). The monoisotopic (exact) mass is 267 g/mol. The highest BCUT2D eigenvalue weighted by atomic mass is 15.3. The Bertz CT molecular complexity index is 622. The van der Waals surface area contributed by atoms with Gasteiger partial charge < -0.3 is 10.2 Å². The van der Waals surface area contributed by atoms with Gasteiger partial charge in [0, 0.05) is 37.7 Å². The molecule has 7 heteroatoms. The number of nitrogens with zero attached hydrogens (tertiary/aromatic N) is 6. The summed E-state index contributed by atoms with van der Waals surface area (Å²) in [6.07, 6.45) is 5.99. The molecule has 0 spiro atoms. The topological polar surface area (TPSA) is 90.6 Å². The highest BCUT2D eigenvalue weighted by Gasteiger charge is 2.24. The molecule has 20 heavy (non-hydrogen) atoms. The van der Waals surface area contributed by atoms with Crippen LogP contribution in [0.2, 0.25) is 0 Å². The first-order valence-electron chi connectivity index (χ1n) is 6.37. The van der Waals surface area contributed by atoms with Crippen LogP contribution in [0.25, 0.3) is 0 Å². The normalized spacial score (nSPS) is 17.8. The minimum absolute atomic E-state index is 0.256. The van der Waals surface area contributed by atoms with E-state index in [2.05, 4.69) is 30.2 Å². The predicted octanol–water partition coefficient (Wildman–Crippen LogP) is 0.829. The molecule has 7 nitrogen and oxygen atoms in total. The first-order valence-corrected chi connectivity index (χ1v) is 6.37. The third kappa shape index (κ3) is 2.64. The summed E-state index contributed by atoms with van der Waals surface area (Å²) in [5.74, 6) is 1.23. The summed E-state index contributed by atoms with van der Waals surface area (Å²) in [5, 5.41) is 12.1. The lowest BCUT2D eigenvalue weighted by Crippen LogP contribution is -2.27. The fourth-order valence-electron chi connectivity index (χ4n) is 2.18. The van der Waals surface area contributed by atoms with Gasteiger partial charge in [0.2, 0.25) is 11.9 Å². The van der Waals surface area contributed by atoms with Crippen molar-refractivity contribution in [2.75, 3.05) is 23.3 Å². The van der Waals surface area contributed by atoms with Crippen LogP contribution < -0.4 is 10.2 Å². The van der Waals surface area contributed by atoms with E-state index in [1.54, 1.807) is 30.7 Å². The molecule has 100 valence electrons. The number of hydrogen-bond donors (Lipinski definition) is 1. The zero-order chi connectivity index (χ0) is 13.8. The van der Waals surface area contributed by atoms with E-state index in [0.717, 1.165) is 19.5 Å². The molecular formula is C13H13N7. The van der Waals surface area contributed by atoms with E-state index in [-0.39, 0.29) is 6.04 Å². The van der Waals surface area contributed by atoms with Gasteiger partial charge in [0.1, 0.15) is 11.8 Å². The number of hydrogen-bond acceptors (Lipinski definition) is 7. The second-order valence-corrected chi connectivity index (χ2v) is 4.50. The van der Waals surface area contributed by atoms with Crippen LogP contribution in [-0.4, -0.2) is 39.1 Å². The van der Waals surface area contributed by atoms with Gasteiger partial charge in [-0.3, -0.25) is 0 Å². The van der Waals surface area contributed by atoms with Crippen molar-refractivity contribution in [3.05, 3.63) is 36.4 Å². The molecule has 1 aliphatic heterocycles. The van der Waals surface area contributed by atoms with Gasteiger partial charge in [-0.1, -0.05) is 0 Å². The van der Waals surface area contributed by atoms with E-state index in [9.17, 15) is 0 Å². The van der Waals surface area contributed by atoms with Gasteiger partial charge in [-0.25, -0.2) is 19.9 Å². The summed E-state index contributed by atoms with van der Waals surface area (Å²) < 4.78 is 0. The molecule has 1 atom stereocenters. The maximum atomic E-state index is 8.86. The first-order chi connectivity index (χ1) is 9.85. The van der Waals surface area contributed by atoms with E-state index in [1.165, 1.54) is 0 Å². The van der Waals surface area contributed by atoms with E-state index >= 15 is 0 Å². The average Bonchev–Trinajstić information content (AvgIpc) is 2.97. The zero-order valence-electron chi connectivity index (χ0n) is 10.8. The SMILES string of the molecule is N#Cc1ccnc(N2CCC(Nc3ncccn3)C2)n1. The lowest BCUT2D eigenvalue weighted by molar-refractivity contribution is 0.789. The Kier molecular flexibility index (Phi) is 3.37. The molecule has 0 radical (unpaired) electrons. The fraction of sp³-hybridized carbons (Fsp3) is 0.308. The second-order valence-electron chi connectivity index (χ2n) is 4.50. The summed E-state index contributed by atoms with van der Waals surface area (Å²) in [5.41, 5.74) is 0.387. The molecule has 0 bridgehead atoms. The van der Waals surface area contributed by atoms with Crippen LogP contribution in [0.5, 0.6) is 0 Å². The molecule has 2 aromatic heterocycles. The van der Waals surface area contributed by atoms with Crippen LogP contribution in [0.1, 0.15) is 12.1 Å². The van der Waals surface area contributed by atoms with E-state index in [1.807, 2.05) is 6.07 Å². The van der Waals surface area contributed by atoms with Crippen molar-refractivity contribution < 1.29 is 0 Å². The van der Waals surface area contributed by atoms with Crippen LogP contribution in [0, 0.1) is 11.3 Å². The Balaban J connectivity index is 1.66. The number of nitriles is 1. The van der Waals surface area contributed by atoms with E-state index in [0.29, 0.717) is 17.6 Å². The van der Waals surface area contributed by atoms with Gasteiger partial charge in [-0.05, 0) is 18.6 Å². The van der Waals surface area contributed by atoms with Gasteiger partial charge in [0.05, 0.1) is 0 Å². The third-order valence-electron chi connectivity index (χ3n) is 3.13. The third-order valence-corrected chi connectivity index (χ3v) is 3.13. The van der Waals surface area contributed by atoms with Crippen molar-refractivity contribution in [2.45, 2.75) is 12.5 Å². The lowest BCUT2D eigenvalue weighted by atomic mass is 10.3. The Hall–Kier alpha value is -2.75. The van der Waals surface area contributed by atoms with Crippen molar-refractivity contribution >= 4 is 11.9 Å². The van der Waals surface area contributed by atoms with E-state index in [4.69, 9.17) is 5.26 Å². The molecule has 1 unspecified atom stereocenters. The van der Waals surface area contributed by atoms with Crippen LogP contribution >= 0.6 is 0 Å². The summed E-state index contributed by atoms with van der Waals surface area (Å²) in [6, 6.07) is 5.67. The molecular weight excluding hydrogens is 254 g/mol. The maximum Gasteiger partial charge on any atom is 0.226 e. The van der Waals surface area contributed by atoms with Gasteiger partial charge in [-0.15, -0.1) is 0 Å². The highest BCUT2D eigenvalue weighted by molar-refractivity contribution is 5.37. The van der Waals surface area contributed by atoms with Crippen LogP contribution in [0.15, 0.2) is 30.7 Å². The Morgan fingerprint density at radius 1 is 1.25 bits per heavy atom. The molecule has 2 aromatic rings. The Morgan fingerprint density at radius 3 is 2.90 bits per heavy atom. The summed E-state index contributed by atoms with van der Waals surface area (Å²) >= 11 is 0.